The first-order valence-electron chi connectivity index (χ1n) is 5.27. The van der Waals surface area contributed by atoms with E-state index in [9.17, 15) is 0 Å². The zero-order chi connectivity index (χ0) is 10.4. The van der Waals surface area contributed by atoms with Crippen molar-refractivity contribution < 1.29 is 9.47 Å². The molecule has 0 bridgehead atoms. The summed E-state index contributed by atoms with van der Waals surface area (Å²) in [6.07, 6.45) is 2.32. The summed E-state index contributed by atoms with van der Waals surface area (Å²) in [6.45, 7) is 9.59. The Morgan fingerprint density at radius 2 is 1.46 bits per heavy atom. The van der Waals surface area contributed by atoms with E-state index < -0.39 is 0 Å². The van der Waals surface area contributed by atoms with E-state index in [1.54, 1.807) is 0 Å². The summed E-state index contributed by atoms with van der Waals surface area (Å²) in [4.78, 5) is 0. The van der Waals surface area contributed by atoms with E-state index in [2.05, 4.69) is 6.92 Å². The molecule has 0 fully saturated rings. The highest BCUT2D eigenvalue weighted by Crippen LogP contribution is 1.87. The van der Waals surface area contributed by atoms with Gasteiger partial charge in [0, 0.05) is 13.2 Å². The molecule has 2 N–H and O–H groups in total. The van der Waals surface area contributed by atoms with Crippen LogP contribution < -0.4 is 5.73 Å². The van der Waals surface area contributed by atoms with Crippen molar-refractivity contribution >= 4 is 0 Å². The number of unbranched alkanes of at least 4 members (excludes halogenated alkanes) is 1. The lowest BCUT2D eigenvalue weighted by atomic mass is 10.4. The third-order valence-electron chi connectivity index (χ3n) is 1.28. The lowest BCUT2D eigenvalue weighted by Gasteiger charge is -2.03. The van der Waals surface area contributed by atoms with Gasteiger partial charge < -0.3 is 15.2 Å². The Kier molecular flexibility index (Phi) is 21.1. The van der Waals surface area contributed by atoms with E-state index in [1.165, 1.54) is 6.42 Å². The van der Waals surface area contributed by atoms with E-state index in [1.807, 2.05) is 13.8 Å². The molecule has 0 unspecified atom stereocenters. The Labute approximate surface area is 82.6 Å². The molecule has 0 aliphatic carbocycles. The maximum atomic E-state index is 5.25. The smallest absolute Gasteiger partial charge is 0.0701 e. The molecule has 0 spiro atoms. The molecule has 0 saturated heterocycles. The topological polar surface area (TPSA) is 44.5 Å². The molecule has 0 saturated carbocycles. The number of hydrogen-bond acceptors (Lipinski definition) is 3. The van der Waals surface area contributed by atoms with Crippen LogP contribution in [0.2, 0.25) is 0 Å². The molecule has 0 aliphatic rings. The first-order chi connectivity index (χ1) is 6.41. The quantitative estimate of drug-likeness (QED) is 0.595. The zero-order valence-electron chi connectivity index (χ0n) is 9.34. The summed E-state index contributed by atoms with van der Waals surface area (Å²) in [7, 11) is 0. The molecule has 3 heteroatoms. The van der Waals surface area contributed by atoms with Crippen molar-refractivity contribution in [1.29, 1.82) is 0 Å². The van der Waals surface area contributed by atoms with Gasteiger partial charge in [0.1, 0.15) is 0 Å². The fraction of sp³-hybridized carbons (Fsp3) is 1.00. The normalized spacial score (nSPS) is 9.23. The third kappa shape index (κ3) is 18.7. The second-order valence-corrected chi connectivity index (χ2v) is 2.37. The lowest BCUT2D eigenvalue weighted by Crippen LogP contribution is -2.12. The van der Waals surface area contributed by atoms with Crippen LogP contribution in [0, 0.1) is 0 Å². The van der Waals surface area contributed by atoms with Crippen LogP contribution in [0.5, 0.6) is 0 Å². The molecule has 0 rings (SSSR count). The minimum Gasteiger partial charge on any atom is -0.379 e. The second kappa shape index (κ2) is 17.8. The van der Waals surface area contributed by atoms with Gasteiger partial charge in [0.05, 0.1) is 19.8 Å². The fourth-order valence-corrected chi connectivity index (χ4v) is 0.652. The highest BCUT2D eigenvalue weighted by molar-refractivity contribution is 4.34. The van der Waals surface area contributed by atoms with Gasteiger partial charge >= 0.3 is 0 Å². The van der Waals surface area contributed by atoms with Gasteiger partial charge in [-0.25, -0.2) is 0 Å². The molecule has 0 aromatic heterocycles. The molecule has 82 valence electrons. The Balaban J connectivity index is 0. The van der Waals surface area contributed by atoms with E-state index in [0.29, 0.717) is 26.4 Å². The minimum atomic E-state index is 0.592. The average molecular weight is 191 g/mol. The van der Waals surface area contributed by atoms with Gasteiger partial charge in [-0.2, -0.15) is 0 Å². The lowest BCUT2D eigenvalue weighted by molar-refractivity contribution is 0.0497. The number of rotatable bonds is 8. The number of ether oxygens (including phenoxy) is 2. The first-order valence-corrected chi connectivity index (χ1v) is 5.27. The van der Waals surface area contributed by atoms with Crippen molar-refractivity contribution in [1.82, 2.24) is 0 Å². The number of hydrogen-bond donors (Lipinski definition) is 1. The largest absolute Gasteiger partial charge is 0.379 e. The van der Waals surface area contributed by atoms with Crippen molar-refractivity contribution in [2.24, 2.45) is 5.73 Å². The zero-order valence-corrected chi connectivity index (χ0v) is 9.34. The molecule has 0 aromatic carbocycles. The van der Waals surface area contributed by atoms with Gasteiger partial charge in [-0.1, -0.05) is 27.2 Å². The van der Waals surface area contributed by atoms with Crippen LogP contribution >= 0.6 is 0 Å². The van der Waals surface area contributed by atoms with Crippen LogP contribution in [0.4, 0.5) is 0 Å². The minimum absolute atomic E-state index is 0.592. The standard InChI is InChI=1S/C8H19NO2.C2H6/c1-2-3-5-10-7-8-11-6-4-9;1-2/h2-9H2,1H3;1-2H3. The molecule has 3 nitrogen and oxygen atoms in total. The summed E-state index contributed by atoms with van der Waals surface area (Å²) in [5.41, 5.74) is 5.23. The number of nitrogens with two attached hydrogens (primary N) is 1. The molecular weight excluding hydrogens is 166 g/mol. The van der Waals surface area contributed by atoms with Crippen molar-refractivity contribution in [2.75, 3.05) is 33.0 Å². The van der Waals surface area contributed by atoms with E-state index >= 15 is 0 Å². The summed E-state index contributed by atoms with van der Waals surface area (Å²) in [5.74, 6) is 0. The van der Waals surface area contributed by atoms with Gasteiger partial charge in [-0.15, -0.1) is 0 Å². The molecule has 0 aromatic rings. The summed E-state index contributed by atoms with van der Waals surface area (Å²) in [5, 5.41) is 0. The van der Waals surface area contributed by atoms with Crippen LogP contribution in [0.25, 0.3) is 0 Å². The highest BCUT2D eigenvalue weighted by Gasteiger charge is 1.87. The van der Waals surface area contributed by atoms with Crippen molar-refractivity contribution in [3.8, 4) is 0 Å². The highest BCUT2D eigenvalue weighted by atomic mass is 16.5. The van der Waals surface area contributed by atoms with Crippen LogP contribution in [-0.2, 0) is 9.47 Å². The van der Waals surface area contributed by atoms with Crippen LogP contribution in [0.15, 0.2) is 0 Å². The molecule has 0 amide bonds. The first kappa shape index (κ1) is 15.4. The van der Waals surface area contributed by atoms with Gasteiger partial charge in [-0.3, -0.25) is 0 Å². The van der Waals surface area contributed by atoms with Gasteiger partial charge in [0.25, 0.3) is 0 Å². The maximum absolute atomic E-state index is 5.25. The molecule has 0 aliphatic heterocycles. The summed E-state index contributed by atoms with van der Waals surface area (Å²) >= 11 is 0. The van der Waals surface area contributed by atoms with Gasteiger partial charge in [0.15, 0.2) is 0 Å². The maximum Gasteiger partial charge on any atom is 0.0701 e. The van der Waals surface area contributed by atoms with Crippen LogP contribution in [0.3, 0.4) is 0 Å². The van der Waals surface area contributed by atoms with Crippen LogP contribution in [-0.4, -0.2) is 33.0 Å². The Hall–Kier alpha value is -0.120. The van der Waals surface area contributed by atoms with Gasteiger partial charge in [0.2, 0.25) is 0 Å². The monoisotopic (exact) mass is 191 g/mol. The Morgan fingerprint density at radius 3 is 1.92 bits per heavy atom. The summed E-state index contributed by atoms with van der Waals surface area (Å²) < 4.78 is 10.4. The summed E-state index contributed by atoms with van der Waals surface area (Å²) in [6, 6.07) is 0. The van der Waals surface area contributed by atoms with E-state index in [0.717, 1.165) is 13.0 Å². The van der Waals surface area contributed by atoms with E-state index in [4.69, 9.17) is 15.2 Å². The average Bonchev–Trinajstić information content (AvgIpc) is 2.20. The van der Waals surface area contributed by atoms with Gasteiger partial charge in [-0.05, 0) is 6.42 Å². The third-order valence-corrected chi connectivity index (χ3v) is 1.28. The van der Waals surface area contributed by atoms with Crippen molar-refractivity contribution in [3.63, 3.8) is 0 Å². The predicted molar refractivity (Wildman–Crippen MR) is 56.9 cm³/mol. The van der Waals surface area contributed by atoms with Crippen LogP contribution in [0.1, 0.15) is 33.6 Å². The predicted octanol–water partition coefficient (Wildman–Crippen LogP) is 1.80. The molecule has 0 radical (unpaired) electrons. The van der Waals surface area contributed by atoms with Crippen molar-refractivity contribution in [3.05, 3.63) is 0 Å². The molecule has 13 heavy (non-hydrogen) atoms. The Morgan fingerprint density at radius 1 is 0.923 bits per heavy atom. The molecule has 0 atom stereocenters. The molecular formula is C10H25NO2. The molecule has 0 heterocycles. The SMILES string of the molecule is CC.CCCCOCCOCCN. The van der Waals surface area contributed by atoms with Crippen molar-refractivity contribution in [2.45, 2.75) is 33.6 Å². The fourth-order valence-electron chi connectivity index (χ4n) is 0.652. The Bertz CT molecular complexity index is 61.9. The second-order valence-electron chi connectivity index (χ2n) is 2.37. The van der Waals surface area contributed by atoms with E-state index in [-0.39, 0.29) is 0 Å².